The number of thioether (sulfide) groups is 1. The number of hydrogen-bond acceptors (Lipinski definition) is 6. The molecule has 1 unspecified atom stereocenters. The van der Waals surface area contributed by atoms with Crippen LogP contribution in [0.4, 0.5) is 16.2 Å². The Hall–Kier alpha value is -3.28. The lowest BCUT2D eigenvalue weighted by Gasteiger charge is -2.12. The van der Waals surface area contributed by atoms with Crippen molar-refractivity contribution >= 4 is 57.2 Å². The lowest BCUT2D eigenvalue weighted by molar-refractivity contribution is -0.127. The first-order valence-electron chi connectivity index (χ1n) is 8.45. The normalized spacial score (nSPS) is 15.9. The van der Waals surface area contributed by atoms with Crippen molar-refractivity contribution in [2.45, 2.75) is 4.90 Å². The zero-order chi connectivity index (χ0) is 21.7. The van der Waals surface area contributed by atoms with Crippen LogP contribution in [0.5, 0.6) is 0 Å². The van der Waals surface area contributed by atoms with Crippen LogP contribution in [0.3, 0.4) is 0 Å². The van der Waals surface area contributed by atoms with E-state index in [1.54, 1.807) is 30.3 Å². The Morgan fingerprint density at radius 2 is 1.63 bits per heavy atom. The standard InChI is InChI=1S/C19H15N3O6S2/c23-16(20-12-4-2-1-3-5-12)10-15-18(25)22(19(26)29-15)11-17(24)21-13-6-8-14(9-7-13)30(27)28/h1-10H,11H2,(H,20,23)(H,21,24)(H,27,28)/b15-10-. The summed E-state index contributed by atoms with van der Waals surface area (Å²) < 4.78 is 19.9. The van der Waals surface area contributed by atoms with E-state index in [0.717, 1.165) is 11.0 Å². The Morgan fingerprint density at radius 1 is 1.00 bits per heavy atom. The highest BCUT2D eigenvalue weighted by atomic mass is 32.2. The maximum Gasteiger partial charge on any atom is 0.294 e. The smallest absolute Gasteiger partial charge is 0.294 e. The molecule has 2 aromatic rings. The topological polar surface area (TPSA) is 133 Å². The SMILES string of the molecule is O=C(/C=C1\SC(=O)N(CC(=O)Nc2ccc(S(=O)O)cc2)C1=O)Nc1ccccc1. The molecule has 1 aliphatic heterocycles. The van der Waals surface area contributed by atoms with Gasteiger partial charge in [-0.05, 0) is 48.2 Å². The first kappa shape index (κ1) is 21.4. The van der Waals surface area contributed by atoms with Crippen molar-refractivity contribution in [3.63, 3.8) is 0 Å². The van der Waals surface area contributed by atoms with Crippen LogP contribution in [-0.2, 0) is 25.5 Å². The Morgan fingerprint density at radius 3 is 2.27 bits per heavy atom. The van der Waals surface area contributed by atoms with E-state index in [9.17, 15) is 23.4 Å². The Balaban J connectivity index is 1.60. The van der Waals surface area contributed by atoms with Gasteiger partial charge in [-0.15, -0.1) is 0 Å². The monoisotopic (exact) mass is 445 g/mol. The Kier molecular flexibility index (Phi) is 6.77. The molecule has 1 aliphatic rings. The fraction of sp³-hybridized carbons (Fsp3) is 0.0526. The predicted octanol–water partition coefficient (Wildman–Crippen LogP) is 2.42. The number of para-hydroxylation sites is 1. The van der Waals surface area contributed by atoms with Crippen LogP contribution in [0.25, 0.3) is 0 Å². The lowest BCUT2D eigenvalue weighted by Crippen LogP contribution is -2.36. The van der Waals surface area contributed by atoms with Gasteiger partial charge in [0.2, 0.25) is 11.8 Å². The molecule has 0 aromatic heterocycles. The predicted molar refractivity (Wildman–Crippen MR) is 112 cm³/mol. The molecule has 0 bridgehead atoms. The van der Waals surface area contributed by atoms with Crippen molar-refractivity contribution in [3.8, 4) is 0 Å². The number of carbonyl (C=O) groups excluding carboxylic acids is 4. The minimum Gasteiger partial charge on any atom is -0.325 e. The van der Waals surface area contributed by atoms with Gasteiger partial charge in [-0.1, -0.05) is 18.2 Å². The van der Waals surface area contributed by atoms with Gasteiger partial charge in [0.1, 0.15) is 6.54 Å². The molecular weight excluding hydrogens is 430 g/mol. The van der Waals surface area contributed by atoms with Crippen LogP contribution in [0, 0.1) is 0 Å². The van der Waals surface area contributed by atoms with Gasteiger partial charge in [0, 0.05) is 17.5 Å². The molecule has 11 heteroatoms. The van der Waals surface area contributed by atoms with Crippen molar-refractivity contribution in [1.82, 2.24) is 4.90 Å². The van der Waals surface area contributed by atoms with Gasteiger partial charge in [0.25, 0.3) is 11.1 Å². The summed E-state index contributed by atoms with van der Waals surface area (Å²) in [7, 11) is 0. The lowest BCUT2D eigenvalue weighted by atomic mass is 10.3. The molecule has 1 saturated heterocycles. The summed E-state index contributed by atoms with van der Waals surface area (Å²) in [4.78, 5) is 49.6. The fourth-order valence-corrected chi connectivity index (χ4v) is 3.63. The van der Waals surface area contributed by atoms with Crippen LogP contribution in [-0.4, -0.2) is 43.2 Å². The van der Waals surface area contributed by atoms with Crippen molar-refractivity contribution in [3.05, 3.63) is 65.6 Å². The molecule has 1 heterocycles. The number of nitrogens with zero attached hydrogens (tertiary/aromatic N) is 1. The van der Waals surface area contributed by atoms with Crippen LogP contribution < -0.4 is 10.6 Å². The number of amides is 4. The third-order valence-corrected chi connectivity index (χ3v) is 5.40. The number of rotatable bonds is 6. The molecule has 1 atom stereocenters. The van der Waals surface area contributed by atoms with Crippen molar-refractivity contribution in [2.75, 3.05) is 17.2 Å². The van der Waals surface area contributed by atoms with E-state index in [-0.39, 0.29) is 9.80 Å². The van der Waals surface area contributed by atoms with Gasteiger partial charge in [-0.3, -0.25) is 24.1 Å². The largest absolute Gasteiger partial charge is 0.325 e. The number of benzene rings is 2. The third kappa shape index (κ3) is 5.41. The zero-order valence-electron chi connectivity index (χ0n) is 15.2. The van der Waals surface area contributed by atoms with Gasteiger partial charge < -0.3 is 15.2 Å². The van der Waals surface area contributed by atoms with E-state index in [0.29, 0.717) is 23.1 Å². The van der Waals surface area contributed by atoms with Crippen LogP contribution >= 0.6 is 11.8 Å². The molecule has 0 aliphatic carbocycles. The van der Waals surface area contributed by atoms with E-state index in [1.165, 1.54) is 24.3 Å². The Bertz CT molecular complexity index is 1050. The second-order valence-electron chi connectivity index (χ2n) is 5.94. The third-order valence-electron chi connectivity index (χ3n) is 3.82. The Labute approximate surface area is 177 Å². The van der Waals surface area contributed by atoms with Crippen LogP contribution in [0.15, 0.2) is 70.5 Å². The van der Waals surface area contributed by atoms with Crippen molar-refractivity contribution < 1.29 is 27.9 Å². The number of anilines is 2. The molecule has 1 fully saturated rings. The molecule has 4 amide bonds. The maximum absolute atomic E-state index is 12.4. The highest BCUT2D eigenvalue weighted by Gasteiger charge is 2.36. The number of nitrogens with one attached hydrogen (secondary N) is 2. The summed E-state index contributed by atoms with van der Waals surface area (Å²) in [6, 6.07) is 14.2. The summed E-state index contributed by atoms with van der Waals surface area (Å²) in [5, 5.41) is 4.40. The highest BCUT2D eigenvalue weighted by Crippen LogP contribution is 2.30. The molecule has 3 N–H and O–H groups in total. The van der Waals surface area contributed by atoms with Crippen molar-refractivity contribution in [2.24, 2.45) is 0 Å². The number of carbonyl (C=O) groups is 4. The van der Waals surface area contributed by atoms with Crippen molar-refractivity contribution in [1.29, 1.82) is 0 Å². The second-order valence-corrected chi connectivity index (χ2v) is 7.91. The van der Waals surface area contributed by atoms with E-state index >= 15 is 0 Å². The highest BCUT2D eigenvalue weighted by molar-refractivity contribution is 8.18. The zero-order valence-corrected chi connectivity index (χ0v) is 16.9. The van der Waals surface area contributed by atoms with E-state index in [1.807, 2.05) is 0 Å². The van der Waals surface area contributed by atoms with E-state index in [2.05, 4.69) is 10.6 Å². The van der Waals surface area contributed by atoms with Gasteiger partial charge in [-0.25, -0.2) is 4.21 Å². The number of hydrogen-bond donors (Lipinski definition) is 3. The number of imide groups is 1. The fourth-order valence-electron chi connectivity index (χ4n) is 2.45. The molecule has 2 aromatic carbocycles. The summed E-state index contributed by atoms with van der Waals surface area (Å²) in [6.07, 6.45) is 1.02. The van der Waals surface area contributed by atoms with Crippen LogP contribution in [0.2, 0.25) is 0 Å². The molecule has 3 rings (SSSR count). The quantitative estimate of drug-likeness (QED) is 0.459. The molecule has 0 radical (unpaired) electrons. The molecule has 0 saturated carbocycles. The molecular formula is C19H15N3O6S2. The molecule has 154 valence electrons. The van der Waals surface area contributed by atoms with Gasteiger partial charge in [0.05, 0.1) is 9.80 Å². The minimum atomic E-state index is -2.14. The van der Waals surface area contributed by atoms with Gasteiger partial charge >= 0.3 is 0 Å². The first-order chi connectivity index (χ1) is 14.3. The average Bonchev–Trinajstić information content (AvgIpc) is 2.96. The first-order valence-corrected chi connectivity index (χ1v) is 10.4. The molecule has 30 heavy (non-hydrogen) atoms. The van der Waals surface area contributed by atoms with Gasteiger partial charge in [0.15, 0.2) is 11.1 Å². The maximum atomic E-state index is 12.4. The molecule has 9 nitrogen and oxygen atoms in total. The minimum absolute atomic E-state index is 0.0870. The summed E-state index contributed by atoms with van der Waals surface area (Å²) >= 11 is -1.57. The van der Waals surface area contributed by atoms with E-state index < -0.39 is 40.6 Å². The van der Waals surface area contributed by atoms with Crippen LogP contribution in [0.1, 0.15) is 0 Å². The summed E-state index contributed by atoms with van der Waals surface area (Å²) in [5.74, 6) is -1.95. The average molecular weight is 445 g/mol. The summed E-state index contributed by atoms with van der Waals surface area (Å²) in [6.45, 7) is -0.532. The summed E-state index contributed by atoms with van der Waals surface area (Å²) in [5.41, 5.74) is 0.868. The van der Waals surface area contributed by atoms with E-state index in [4.69, 9.17) is 4.55 Å². The second kappa shape index (κ2) is 9.48. The van der Waals surface area contributed by atoms with Gasteiger partial charge in [-0.2, -0.15) is 0 Å². The molecule has 0 spiro atoms.